The topological polar surface area (TPSA) is 59.6 Å². The first-order valence-electron chi connectivity index (χ1n) is 5.82. The third-order valence-electron chi connectivity index (χ3n) is 2.60. The molecule has 102 valence electrons. The number of benzene rings is 1. The third kappa shape index (κ3) is 4.11. The second kappa shape index (κ2) is 7.17. The molecule has 2 amide bonds. The number of hydrogen-bond acceptors (Lipinski definition) is 3. The summed E-state index contributed by atoms with van der Waals surface area (Å²) in [6, 6.07) is 4.86. The van der Waals surface area contributed by atoms with Crippen LogP contribution in [0.5, 0.6) is 11.5 Å². The summed E-state index contributed by atoms with van der Waals surface area (Å²) in [5.74, 6) is 3.72. The van der Waals surface area contributed by atoms with E-state index in [2.05, 4.69) is 16.6 Å². The van der Waals surface area contributed by atoms with Gasteiger partial charge in [-0.3, -0.25) is 0 Å². The Labute approximate surface area is 113 Å². The fourth-order valence-corrected chi connectivity index (χ4v) is 1.63. The SMILES string of the molecule is C#CCNC(=O)NC(C)c1cc(OC)ccc1OC. The van der Waals surface area contributed by atoms with Crippen molar-refractivity contribution in [3.8, 4) is 23.8 Å². The van der Waals surface area contributed by atoms with Crippen LogP contribution >= 0.6 is 0 Å². The highest BCUT2D eigenvalue weighted by molar-refractivity contribution is 5.74. The summed E-state index contributed by atoms with van der Waals surface area (Å²) in [5.41, 5.74) is 0.831. The summed E-state index contributed by atoms with van der Waals surface area (Å²) in [5, 5.41) is 5.32. The smallest absolute Gasteiger partial charge is 0.316 e. The number of hydrogen-bond donors (Lipinski definition) is 2. The van der Waals surface area contributed by atoms with Crippen LogP contribution in [-0.4, -0.2) is 26.8 Å². The highest BCUT2D eigenvalue weighted by Crippen LogP contribution is 2.29. The summed E-state index contributed by atoms with van der Waals surface area (Å²) in [7, 11) is 3.17. The van der Waals surface area contributed by atoms with Crippen LogP contribution in [0.3, 0.4) is 0 Å². The zero-order valence-corrected chi connectivity index (χ0v) is 11.3. The number of amides is 2. The van der Waals surface area contributed by atoms with E-state index in [1.165, 1.54) is 0 Å². The lowest BCUT2D eigenvalue weighted by Gasteiger charge is -2.18. The van der Waals surface area contributed by atoms with E-state index in [-0.39, 0.29) is 18.6 Å². The molecule has 0 aliphatic rings. The monoisotopic (exact) mass is 262 g/mol. The van der Waals surface area contributed by atoms with E-state index in [4.69, 9.17) is 15.9 Å². The molecule has 0 spiro atoms. The Morgan fingerprint density at radius 2 is 2.16 bits per heavy atom. The van der Waals surface area contributed by atoms with Crippen LogP contribution in [-0.2, 0) is 0 Å². The standard InChI is InChI=1S/C14H18N2O3/c1-5-8-15-14(17)16-10(2)12-9-11(18-3)6-7-13(12)19-4/h1,6-7,9-10H,8H2,2-4H3,(H2,15,16,17). The molecule has 5 nitrogen and oxygen atoms in total. The lowest BCUT2D eigenvalue weighted by atomic mass is 10.1. The molecule has 19 heavy (non-hydrogen) atoms. The minimum absolute atomic E-state index is 0.188. The zero-order valence-electron chi connectivity index (χ0n) is 11.3. The average Bonchev–Trinajstić information content (AvgIpc) is 2.44. The van der Waals surface area contributed by atoms with Gasteiger partial charge in [0.1, 0.15) is 11.5 Å². The highest BCUT2D eigenvalue weighted by atomic mass is 16.5. The van der Waals surface area contributed by atoms with E-state index in [0.29, 0.717) is 11.5 Å². The molecule has 1 unspecified atom stereocenters. The van der Waals surface area contributed by atoms with Crippen molar-refractivity contribution in [1.82, 2.24) is 10.6 Å². The fraction of sp³-hybridized carbons (Fsp3) is 0.357. The van der Waals surface area contributed by atoms with Crippen molar-refractivity contribution in [2.24, 2.45) is 0 Å². The van der Waals surface area contributed by atoms with Crippen LogP contribution in [0.25, 0.3) is 0 Å². The summed E-state index contributed by atoms with van der Waals surface area (Å²) >= 11 is 0. The predicted octanol–water partition coefficient (Wildman–Crippen LogP) is 1.70. The first kappa shape index (κ1) is 14.7. The van der Waals surface area contributed by atoms with E-state index < -0.39 is 0 Å². The van der Waals surface area contributed by atoms with Gasteiger partial charge in [0.25, 0.3) is 0 Å². The molecule has 1 atom stereocenters. The molecule has 1 rings (SSSR count). The van der Waals surface area contributed by atoms with Crippen LogP contribution in [0.15, 0.2) is 18.2 Å². The zero-order chi connectivity index (χ0) is 14.3. The maximum absolute atomic E-state index is 11.5. The summed E-state index contributed by atoms with van der Waals surface area (Å²) < 4.78 is 10.4. The van der Waals surface area contributed by atoms with Crippen LogP contribution < -0.4 is 20.1 Å². The van der Waals surface area contributed by atoms with Crippen molar-refractivity contribution in [3.05, 3.63) is 23.8 Å². The Hall–Kier alpha value is -2.35. The Morgan fingerprint density at radius 1 is 1.42 bits per heavy atom. The lowest BCUT2D eigenvalue weighted by molar-refractivity contribution is 0.239. The minimum Gasteiger partial charge on any atom is -0.497 e. The van der Waals surface area contributed by atoms with E-state index in [1.54, 1.807) is 26.4 Å². The maximum atomic E-state index is 11.5. The van der Waals surface area contributed by atoms with Gasteiger partial charge in [0.2, 0.25) is 0 Å². The molecule has 0 saturated carbocycles. The molecule has 0 heterocycles. The molecule has 0 aromatic heterocycles. The van der Waals surface area contributed by atoms with Crippen LogP contribution in [0.2, 0.25) is 0 Å². The van der Waals surface area contributed by atoms with E-state index in [9.17, 15) is 4.79 Å². The third-order valence-corrected chi connectivity index (χ3v) is 2.60. The number of rotatable bonds is 5. The van der Waals surface area contributed by atoms with Gasteiger partial charge >= 0.3 is 6.03 Å². The maximum Gasteiger partial charge on any atom is 0.316 e. The first-order chi connectivity index (χ1) is 9.12. The van der Waals surface area contributed by atoms with Gasteiger partial charge in [-0.15, -0.1) is 6.42 Å². The van der Waals surface area contributed by atoms with E-state index >= 15 is 0 Å². The molecule has 1 aromatic carbocycles. The molecule has 0 saturated heterocycles. The second-order valence-electron chi connectivity index (χ2n) is 3.86. The van der Waals surface area contributed by atoms with Crippen molar-refractivity contribution < 1.29 is 14.3 Å². The van der Waals surface area contributed by atoms with Gasteiger partial charge in [-0.1, -0.05) is 5.92 Å². The van der Waals surface area contributed by atoms with Gasteiger partial charge in [0, 0.05) is 5.56 Å². The van der Waals surface area contributed by atoms with Crippen molar-refractivity contribution in [2.45, 2.75) is 13.0 Å². The average molecular weight is 262 g/mol. The van der Waals surface area contributed by atoms with Gasteiger partial charge in [-0.25, -0.2) is 4.79 Å². The number of carbonyl (C=O) groups excluding carboxylic acids is 1. The van der Waals surface area contributed by atoms with Crippen molar-refractivity contribution in [1.29, 1.82) is 0 Å². The molecule has 0 bridgehead atoms. The minimum atomic E-state index is -0.324. The number of methoxy groups -OCH3 is 2. The summed E-state index contributed by atoms with van der Waals surface area (Å²) in [6.07, 6.45) is 5.07. The van der Waals surface area contributed by atoms with E-state index in [1.807, 2.05) is 13.0 Å². The van der Waals surface area contributed by atoms with Gasteiger partial charge < -0.3 is 20.1 Å². The quantitative estimate of drug-likeness (QED) is 0.794. The van der Waals surface area contributed by atoms with Crippen LogP contribution in [0.4, 0.5) is 4.79 Å². The summed E-state index contributed by atoms with van der Waals surface area (Å²) in [6.45, 7) is 2.04. The molecule has 0 radical (unpaired) electrons. The number of terminal acetylenes is 1. The largest absolute Gasteiger partial charge is 0.497 e. The Balaban J connectivity index is 2.82. The number of ether oxygens (including phenoxy) is 2. The molecule has 2 N–H and O–H groups in total. The molecule has 1 aromatic rings. The normalized spacial score (nSPS) is 11.1. The molecular weight excluding hydrogens is 244 g/mol. The van der Waals surface area contributed by atoms with Crippen LogP contribution in [0.1, 0.15) is 18.5 Å². The van der Waals surface area contributed by atoms with Gasteiger partial charge in [0.15, 0.2) is 0 Å². The molecule has 0 aliphatic carbocycles. The number of carbonyl (C=O) groups is 1. The van der Waals surface area contributed by atoms with Crippen LogP contribution in [0, 0.1) is 12.3 Å². The Kier molecular flexibility index (Phi) is 5.55. The Morgan fingerprint density at radius 3 is 2.74 bits per heavy atom. The van der Waals surface area contributed by atoms with Crippen molar-refractivity contribution >= 4 is 6.03 Å². The summed E-state index contributed by atoms with van der Waals surface area (Å²) in [4.78, 5) is 11.5. The number of nitrogens with one attached hydrogen (secondary N) is 2. The van der Waals surface area contributed by atoms with Gasteiger partial charge in [-0.2, -0.15) is 0 Å². The number of urea groups is 1. The van der Waals surface area contributed by atoms with Crippen molar-refractivity contribution in [3.63, 3.8) is 0 Å². The molecule has 0 fully saturated rings. The van der Waals surface area contributed by atoms with Gasteiger partial charge in [0.05, 0.1) is 26.8 Å². The molecule has 0 aliphatic heterocycles. The predicted molar refractivity (Wildman–Crippen MR) is 73.3 cm³/mol. The first-order valence-corrected chi connectivity index (χ1v) is 5.82. The van der Waals surface area contributed by atoms with Gasteiger partial charge in [-0.05, 0) is 25.1 Å². The van der Waals surface area contributed by atoms with E-state index in [0.717, 1.165) is 5.56 Å². The molecular formula is C14H18N2O3. The molecule has 5 heteroatoms. The second-order valence-corrected chi connectivity index (χ2v) is 3.86. The highest BCUT2D eigenvalue weighted by Gasteiger charge is 2.14. The van der Waals surface area contributed by atoms with Crippen molar-refractivity contribution in [2.75, 3.05) is 20.8 Å². The Bertz CT molecular complexity index is 480. The lowest BCUT2D eigenvalue weighted by Crippen LogP contribution is -2.37. The fourth-order valence-electron chi connectivity index (χ4n) is 1.63.